The van der Waals surface area contributed by atoms with Crippen molar-refractivity contribution >= 4 is 55.8 Å². The normalized spacial score (nSPS) is 10.9. The Labute approximate surface area is 165 Å². The van der Waals surface area contributed by atoms with Gasteiger partial charge in [0.1, 0.15) is 0 Å². The van der Waals surface area contributed by atoms with Crippen LogP contribution in [0.4, 0.5) is 11.4 Å². The molecule has 2 aromatic carbocycles. The topological polar surface area (TPSA) is 104 Å². The number of anilines is 2. The maximum absolute atomic E-state index is 12.1. The first kappa shape index (κ1) is 20.2. The Balaban J connectivity index is 1.99. The Morgan fingerprint density at radius 2 is 1.81 bits per heavy atom. The van der Waals surface area contributed by atoms with Gasteiger partial charge in [0.15, 0.2) is 0 Å². The summed E-state index contributed by atoms with van der Waals surface area (Å²) < 4.78 is 25.9. The van der Waals surface area contributed by atoms with Crippen LogP contribution < -0.4 is 15.4 Å². The van der Waals surface area contributed by atoms with Gasteiger partial charge in [0.25, 0.3) is 5.91 Å². The van der Waals surface area contributed by atoms with Gasteiger partial charge in [0.05, 0.1) is 24.1 Å². The van der Waals surface area contributed by atoms with Gasteiger partial charge in [0.2, 0.25) is 15.9 Å². The molecule has 0 aromatic heterocycles. The summed E-state index contributed by atoms with van der Waals surface area (Å²) in [6.45, 7) is 1.55. The summed E-state index contributed by atoms with van der Waals surface area (Å²) in [6, 6.07) is 11.9. The zero-order valence-electron chi connectivity index (χ0n) is 14.2. The zero-order chi connectivity index (χ0) is 19.3. The van der Waals surface area contributed by atoms with E-state index in [9.17, 15) is 18.0 Å². The van der Waals surface area contributed by atoms with Crippen LogP contribution in [0.15, 0.2) is 42.5 Å². The molecule has 0 radical (unpaired) electrons. The molecule has 0 saturated heterocycles. The van der Waals surface area contributed by atoms with Gasteiger partial charge in [-0.05, 0) is 59.3 Å². The molecule has 0 spiro atoms. The lowest BCUT2D eigenvalue weighted by molar-refractivity contribution is -0.115. The summed E-state index contributed by atoms with van der Waals surface area (Å²) in [5, 5.41) is 5.18. The van der Waals surface area contributed by atoms with Crippen LogP contribution in [0.2, 0.25) is 0 Å². The molecule has 7 nitrogen and oxygen atoms in total. The zero-order valence-corrected chi connectivity index (χ0v) is 17.1. The first-order valence-corrected chi connectivity index (χ1v) is 10.5. The predicted molar refractivity (Wildman–Crippen MR) is 110 cm³/mol. The smallest absolute Gasteiger partial charge is 0.252 e. The summed E-state index contributed by atoms with van der Waals surface area (Å²) >= 11 is 2.05. The molecule has 138 valence electrons. The SMILES string of the molecule is Cc1ccc(NC(=O)CNC(=O)c2ccccc2I)cc1NS(C)(=O)=O. The number of benzene rings is 2. The Morgan fingerprint density at radius 1 is 1.12 bits per heavy atom. The van der Waals surface area contributed by atoms with Crippen LogP contribution in [-0.2, 0) is 14.8 Å². The van der Waals surface area contributed by atoms with E-state index in [1.165, 1.54) is 6.07 Å². The molecule has 0 aliphatic carbocycles. The first-order valence-electron chi connectivity index (χ1n) is 7.57. The molecule has 0 heterocycles. The molecular weight excluding hydrogens is 469 g/mol. The lowest BCUT2D eigenvalue weighted by atomic mass is 10.2. The van der Waals surface area contributed by atoms with Crippen LogP contribution in [0, 0.1) is 10.5 Å². The number of rotatable bonds is 6. The Morgan fingerprint density at radius 3 is 2.46 bits per heavy atom. The van der Waals surface area contributed by atoms with E-state index >= 15 is 0 Å². The van der Waals surface area contributed by atoms with Crippen LogP contribution in [0.25, 0.3) is 0 Å². The summed E-state index contributed by atoms with van der Waals surface area (Å²) in [6.07, 6.45) is 1.05. The van der Waals surface area contributed by atoms with Crippen molar-refractivity contribution in [3.05, 3.63) is 57.2 Å². The van der Waals surface area contributed by atoms with Crippen molar-refractivity contribution in [3.8, 4) is 0 Å². The Kier molecular flexibility index (Phi) is 6.59. The van der Waals surface area contributed by atoms with Crippen LogP contribution >= 0.6 is 22.6 Å². The number of aryl methyl sites for hydroxylation is 1. The fourth-order valence-electron chi connectivity index (χ4n) is 2.12. The second-order valence-electron chi connectivity index (χ2n) is 5.61. The van der Waals surface area contributed by atoms with Crippen molar-refractivity contribution in [2.24, 2.45) is 0 Å². The number of sulfonamides is 1. The molecule has 0 fully saturated rings. The average molecular weight is 487 g/mol. The third-order valence-corrected chi connectivity index (χ3v) is 4.88. The third kappa shape index (κ3) is 5.99. The fraction of sp³-hybridized carbons (Fsp3) is 0.176. The highest BCUT2D eigenvalue weighted by Gasteiger charge is 2.12. The predicted octanol–water partition coefficient (Wildman–Crippen LogP) is 2.34. The first-order chi connectivity index (χ1) is 12.2. The van der Waals surface area contributed by atoms with Gasteiger partial charge in [-0.15, -0.1) is 0 Å². The Bertz CT molecular complexity index is 945. The van der Waals surface area contributed by atoms with Gasteiger partial charge < -0.3 is 10.6 Å². The molecule has 0 atom stereocenters. The molecule has 26 heavy (non-hydrogen) atoms. The monoisotopic (exact) mass is 487 g/mol. The minimum Gasteiger partial charge on any atom is -0.343 e. The van der Waals surface area contributed by atoms with E-state index in [-0.39, 0.29) is 12.5 Å². The van der Waals surface area contributed by atoms with Crippen molar-refractivity contribution < 1.29 is 18.0 Å². The van der Waals surface area contributed by atoms with Crippen LogP contribution in [0.1, 0.15) is 15.9 Å². The maximum atomic E-state index is 12.1. The molecule has 0 aliphatic rings. The Hall–Kier alpha value is -2.14. The highest BCUT2D eigenvalue weighted by molar-refractivity contribution is 14.1. The van der Waals surface area contributed by atoms with Crippen molar-refractivity contribution in [2.45, 2.75) is 6.92 Å². The minimum absolute atomic E-state index is 0.202. The summed E-state index contributed by atoms with van der Waals surface area (Å²) in [7, 11) is -3.42. The number of nitrogens with one attached hydrogen (secondary N) is 3. The molecule has 2 rings (SSSR count). The molecular formula is C17H18IN3O4S. The van der Waals surface area contributed by atoms with Crippen molar-refractivity contribution in [3.63, 3.8) is 0 Å². The van der Waals surface area contributed by atoms with Gasteiger partial charge in [-0.1, -0.05) is 18.2 Å². The van der Waals surface area contributed by atoms with Gasteiger partial charge in [-0.25, -0.2) is 8.42 Å². The molecule has 2 amide bonds. The lowest BCUT2D eigenvalue weighted by Gasteiger charge is -2.12. The maximum Gasteiger partial charge on any atom is 0.252 e. The standard InChI is InChI=1S/C17H18IN3O4S/c1-11-7-8-12(9-15(11)21-26(2,24)25)20-16(22)10-19-17(23)13-5-3-4-6-14(13)18/h3-9,21H,10H2,1-2H3,(H,19,23)(H,20,22). The third-order valence-electron chi connectivity index (χ3n) is 3.34. The summed E-state index contributed by atoms with van der Waals surface area (Å²) in [4.78, 5) is 24.2. The number of halogens is 1. The van der Waals surface area contributed by atoms with Crippen molar-refractivity contribution in [2.75, 3.05) is 22.8 Å². The van der Waals surface area contributed by atoms with Crippen molar-refractivity contribution in [1.29, 1.82) is 0 Å². The molecule has 9 heteroatoms. The van der Waals surface area contributed by atoms with Crippen LogP contribution in [0.3, 0.4) is 0 Å². The molecule has 0 bridgehead atoms. The van der Waals surface area contributed by atoms with E-state index in [0.717, 1.165) is 15.4 Å². The molecule has 0 unspecified atom stereocenters. The summed E-state index contributed by atoms with van der Waals surface area (Å²) in [5.41, 5.74) is 2.03. The lowest BCUT2D eigenvalue weighted by Crippen LogP contribution is -2.33. The molecule has 2 aromatic rings. The largest absolute Gasteiger partial charge is 0.343 e. The van der Waals surface area contributed by atoms with Gasteiger partial charge in [-0.2, -0.15) is 0 Å². The quantitative estimate of drug-likeness (QED) is 0.545. The molecule has 0 aliphatic heterocycles. The highest BCUT2D eigenvalue weighted by atomic mass is 127. The van der Waals surface area contributed by atoms with E-state index in [4.69, 9.17) is 0 Å². The van der Waals surface area contributed by atoms with Gasteiger partial charge in [0, 0.05) is 9.26 Å². The fourth-order valence-corrected chi connectivity index (χ4v) is 3.37. The summed E-state index contributed by atoms with van der Waals surface area (Å²) in [5.74, 6) is -0.757. The van der Waals surface area contributed by atoms with Crippen LogP contribution in [0.5, 0.6) is 0 Å². The van der Waals surface area contributed by atoms with Crippen LogP contribution in [-0.4, -0.2) is 33.0 Å². The number of hydrogen-bond donors (Lipinski definition) is 3. The average Bonchev–Trinajstić information content (AvgIpc) is 2.55. The van der Waals surface area contributed by atoms with E-state index in [1.807, 2.05) is 6.07 Å². The molecule has 0 saturated carbocycles. The number of amides is 2. The van der Waals surface area contributed by atoms with E-state index in [1.54, 1.807) is 37.3 Å². The number of carbonyl (C=O) groups is 2. The minimum atomic E-state index is -3.42. The highest BCUT2D eigenvalue weighted by Crippen LogP contribution is 2.21. The van der Waals surface area contributed by atoms with E-state index in [0.29, 0.717) is 16.9 Å². The van der Waals surface area contributed by atoms with E-state index in [2.05, 4.69) is 37.9 Å². The molecule has 3 N–H and O–H groups in total. The van der Waals surface area contributed by atoms with Crippen molar-refractivity contribution in [1.82, 2.24) is 5.32 Å². The second kappa shape index (κ2) is 8.49. The van der Waals surface area contributed by atoms with E-state index < -0.39 is 15.9 Å². The van der Waals surface area contributed by atoms with Gasteiger partial charge in [-0.3, -0.25) is 14.3 Å². The van der Waals surface area contributed by atoms with Gasteiger partial charge >= 0.3 is 0 Å². The number of hydrogen-bond acceptors (Lipinski definition) is 4. The second-order valence-corrected chi connectivity index (χ2v) is 8.53. The number of carbonyl (C=O) groups excluding carboxylic acids is 2.